The topological polar surface area (TPSA) is 69.0 Å². The van der Waals surface area contributed by atoms with Crippen LogP contribution in [-0.2, 0) is 4.74 Å². The molecule has 2 atom stereocenters. The van der Waals surface area contributed by atoms with Gasteiger partial charge >= 0.3 is 0 Å². The number of nitrogens with zero attached hydrogens (tertiary/aromatic N) is 6. The van der Waals surface area contributed by atoms with Crippen LogP contribution in [0.5, 0.6) is 0 Å². The zero-order valence-corrected chi connectivity index (χ0v) is 19.9. The number of pyridine rings is 1. The van der Waals surface area contributed by atoms with Gasteiger partial charge in [-0.25, -0.2) is 23.7 Å². The molecule has 7 nitrogen and oxygen atoms in total. The van der Waals surface area contributed by atoms with Gasteiger partial charge in [-0.2, -0.15) is 5.10 Å². The maximum absolute atomic E-state index is 14.9. The summed E-state index contributed by atoms with van der Waals surface area (Å²) in [6.45, 7) is 6.97. The highest BCUT2D eigenvalue weighted by Gasteiger charge is 2.31. The van der Waals surface area contributed by atoms with E-state index >= 15 is 0 Å². The number of ether oxygens (including phenoxy) is 1. The smallest absolute Gasteiger partial charge is 0.135 e. The fourth-order valence-electron chi connectivity index (χ4n) is 4.63. The summed E-state index contributed by atoms with van der Waals surface area (Å²) in [6, 6.07) is 5.90. The summed E-state index contributed by atoms with van der Waals surface area (Å²) in [6.07, 6.45) is 6.07. The second-order valence-electron chi connectivity index (χ2n) is 9.54. The van der Waals surface area contributed by atoms with Crippen LogP contribution in [0, 0.1) is 25.5 Å². The zero-order valence-electron chi connectivity index (χ0n) is 19.9. The van der Waals surface area contributed by atoms with Gasteiger partial charge in [0.15, 0.2) is 0 Å². The summed E-state index contributed by atoms with van der Waals surface area (Å²) in [5, 5.41) is 4.52. The lowest BCUT2D eigenvalue weighted by atomic mass is 10.1. The molecule has 3 aromatic heterocycles. The fraction of sp³-hybridized carbons (Fsp3) is 0.385. The van der Waals surface area contributed by atoms with Crippen molar-refractivity contribution < 1.29 is 13.5 Å². The van der Waals surface area contributed by atoms with Gasteiger partial charge in [-0.1, -0.05) is 0 Å². The summed E-state index contributed by atoms with van der Waals surface area (Å²) in [5.74, 6) is -0.665. The first-order chi connectivity index (χ1) is 16.9. The third kappa shape index (κ3) is 4.14. The van der Waals surface area contributed by atoms with E-state index in [1.165, 1.54) is 25.0 Å². The van der Waals surface area contributed by atoms with Gasteiger partial charge in [0.25, 0.3) is 0 Å². The Morgan fingerprint density at radius 3 is 2.57 bits per heavy atom. The molecule has 6 rings (SSSR count). The molecule has 0 bridgehead atoms. The Bertz CT molecular complexity index is 1430. The molecule has 9 heteroatoms. The van der Waals surface area contributed by atoms with Crippen molar-refractivity contribution in [2.24, 2.45) is 0 Å². The van der Waals surface area contributed by atoms with E-state index in [0.717, 1.165) is 23.0 Å². The molecule has 1 saturated heterocycles. The van der Waals surface area contributed by atoms with Crippen molar-refractivity contribution in [2.75, 3.05) is 18.0 Å². The minimum atomic E-state index is -0.684. The van der Waals surface area contributed by atoms with Gasteiger partial charge < -0.3 is 9.64 Å². The van der Waals surface area contributed by atoms with Crippen LogP contribution in [0.4, 0.5) is 14.6 Å². The minimum absolute atomic E-state index is 0.0487. The zero-order chi connectivity index (χ0) is 24.3. The maximum atomic E-state index is 14.9. The van der Waals surface area contributed by atoms with E-state index in [2.05, 4.69) is 21.2 Å². The van der Waals surface area contributed by atoms with Crippen molar-refractivity contribution in [3.8, 4) is 11.3 Å². The lowest BCUT2D eigenvalue weighted by Gasteiger charge is -2.37. The molecule has 1 saturated carbocycles. The van der Waals surface area contributed by atoms with E-state index in [9.17, 15) is 8.78 Å². The molecule has 2 aliphatic rings. The largest absolute Gasteiger partial charge is 0.367 e. The molecule has 1 aliphatic carbocycles. The van der Waals surface area contributed by atoms with Gasteiger partial charge in [-0.15, -0.1) is 0 Å². The average Bonchev–Trinajstić information content (AvgIpc) is 3.55. The Kier molecular flexibility index (Phi) is 5.25. The maximum Gasteiger partial charge on any atom is 0.135 e. The fourth-order valence-corrected chi connectivity index (χ4v) is 4.63. The number of benzene rings is 1. The Labute approximate surface area is 201 Å². The molecule has 0 unspecified atom stereocenters. The Balaban J connectivity index is 1.43. The number of aryl methyl sites for hydroxylation is 2. The lowest BCUT2D eigenvalue weighted by Crippen LogP contribution is -2.43. The van der Waals surface area contributed by atoms with Crippen molar-refractivity contribution in [3.05, 3.63) is 65.2 Å². The second-order valence-corrected chi connectivity index (χ2v) is 9.54. The molecule has 0 spiro atoms. The van der Waals surface area contributed by atoms with Crippen molar-refractivity contribution in [2.45, 2.75) is 51.9 Å². The molecule has 2 fully saturated rings. The van der Waals surface area contributed by atoms with Crippen LogP contribution in [0.2, 0.25) is 0 Å². The summed E-state index contributed by atoms with van der Waals surface area (Å²) in [7, 11) is 0. The van der Waals surface area contributed by atoms with Gasteiger partial charge in [-0.05, 0) is 45.7 Å². The minimum Gasteiger partial charge on any atom is -0.367 e. The van der Waals surface area contributed by atoms with Crippen molar-refractivity contribution in [1.29, 1.82) is 0 Å². The quantitative estimate of drug-likeness (QED) is 0.409. The molecule has 4 aromatic rings. The molecule has 35 heavy (non-hydrogen) atoms. The highest BCUT2D eigenvalue weighted by atomic mass is 19.1. The molecule has 1 aliphatic heterocycles. The third-order valence-corrected chi connectivity index (χ3v) is 6.74. The molecule has 4 heterocycles. The number of halogens is 2. The first kappa shape index (κ1) is 22.0. The van der Waals surface area contributed by atoms with Crippen LogP contribution in [0.1, 0.15) is 48.9 Å². The number of rotatable bonds is 4. The van der Waals surface area contributed by atoms with Crippen LogP contribution in [0.15, 0.2) is 36.7 Å². The number of fused-ring (bicyclic) bond motifs is 1. The summed E-state index contributed by atoms with van der Waals surface area (Å²) in [5.41, 5.74) is 4.22. The predicted octanol–water partition coefficient (Wildman–Crippen LogP) is 5.08. The first-order valence-corrected chi connectivity index (χ1v) is 11.9. The van der Waals surface area contributed by atoms with Gasteiger partial charge in [0.2, 0.25) is 0 Å². The van der Waals surface area contributed by atoms with E-state index < -0.39 is 11.6 Å². The van der Waals surface area contributed by atoms with Crippen LogP contribution < -0.4 is 4.90 Å². The number of morpholine rings is 1. The summed E-state index contributed by atoms with van der Waals surface area (Å²) in [4.78, 5) is 16.4. The molecule has 1 aromatic carbocycles. The number of aromatic nitrogens is 5. The lowest BCUT2D eigenvalue weighted by molar-refractivity contribution is -0.0176. The highest BCUT2D eigenvalue weighted by molar-refractivity contribution is 5.91. The average molecular weight is 477 g/mol. The number of hydrogen-bond donors (Lipinski definition) is 0. The molecule has 0 N–H and O–H groups in total. The van der Waals surface area contributed by atoms with Crippen molar-refractivity contribution in [3.63, 3.8) is 0 Å². The Hall–Kier alpha value is -3.46. The third-order valence-electron chi connectivity index (χ3n) is 6.74. The van der Waals surface area contributed by atoms with E-state index in [0.29, 0.717) is 41.7 Å². The molecule has 0 amide bonds. The summed E-state index contributed by atoms with van der Waals surface area (Å²) >= 11 is 0. The van der Waals surface area contributed by atoms with Gasteiger partial charge in [0.1, 0.15) is 34.8 Å². The standard InChI is InChI=1S/C26H26F2N6O/c1-14-11-33(13-23(35-14)17-10-29-34(12-17)19-5-6-19)24-9-22-26(31-16(3)15(2)30-22)25(32-24)20-7-4-18(27)8-21(20)28/h4,7-10,12,14,19,23H,5-6,11,13H2,1-3H3/t14-,23-/m1/s1. The van der Waals surface area contributed by atoms with E-state index in [1.807, 2.05) is 37.7 Å². The van der Waals surface area contributed by atoms with E-state index in [1.54, 1.807) is 0 Å². The van der Waals surface area contributed by atoms with E-state index in [4.69, 9.17) is 14.7 Å². The number of hydrogen-bond acceptors (Lipinski definition) is 6. The SMILES string of the molecule is Cc1nc2cc(N3C[C@@H](C)O[C@@H](c4cnn(C5CC5)c4)C3)nc(-c3ccc(F)cc3F)c2nc1C. The molecule has 0 radical (unpaired) electrons. The van der Waals surface area contributed by atoms with Gasteiger partial charge in [0, 0.05) is 36.0 Å². The van der Waals surface area contributed by atoms with Crippen molar-refractivity contribution >= 4 is 16.9 Å². The second kappa shape index (κ2) is 8.34. The highest BCUT2D eigenvalue weighted by Crippen LogP contribution is 2.37. The van der Waals surface area contributed by atoms with Crippen LogP contribution in [-0.4, -0.2) is 43.9 Å². The Morgan fingerprint density at radius 1 is 1.00 bits per heavy atom. The van der Waals surface area contributed by atoms with E-state index in [-0.39, 0.29) is 17.8 Å². The van der Waals surface area contributed by atoms with Gasteiger partial charge in [-0.3, -0.25) is 4.68 Å². The number of anilines is 1. The van der Waals surface area contributed by atoms with Crippen LogP contribution in [0.3, 0.4) is 0 Å². The predicted molar refractivity (Wildman–Crippen MR) is 128 cm³/mol. The van der Waals surface area contributed by atoms with Crippen LogP contribution in [0.25, 0.3) is 22.3 Å². The van der Waals surface area contributed by atoms with Gasteiger partial charge in [0.05, 0.1) is 41.8 Å². The monoisotopic (exact) mass is 476 g/mol. The first-order valence-electron chi connectivity index (χ1n) is 11.9. The van der Waals surface area contributed by atoms with Crippen LogP contribution >= 0.6 is 0 Å². The summed E-state index contributed by atoms with van der Waals surface area (Å²) < 4.78 is 36.8. The molecular weight excluding hydrogens is 450 g/mol. The molecule has 180 valence electrons. The Morgan fingerprint density at radius 2 is 1.80 bits per heavy atom. The van der Waals surface area contributed by atoms with Crippen molar-refractivity contribution in [1.82, 2.24) is 24.7 Å². The molecular formula is C26H26F2N6O. The normalized spacial score (nSPS) is 20.5.